The van der Waals surface area contributed by atoms with Gasteiger partial charge in [0.2, 0.25) is 0 Å². The summed E-state index contributed by atoms with van der Waals surface area (Å²) in [5.74, 6) is -1.30. The zero-order valence-electron chi connectivity index (χ0n) is 22.0. The normalized spacial score (nSPS) is 11.1. The topological polar surface area (TPSA) is 141 Å². The molecule has 0 aliphatic rings. The molecular weight excluding hydrogens is 522 g/mol. The first-order valence-corrected chi connectivity index (χ1v) is 13.9. The molecule has 0 aliphatic carbocycles. The molecular formula is C28H31N3O7S. The van der Waals surface area contributed by atoms with Crippen LogP contribution in [0.5, 0.6) is 5.75 Å². The number of hydrogen-bond acceptors (Lipinski definition) is 8. The zero-order valence-corrected chi connectivity index (χ0v) is 22.8. The Bertz CT molecular complexity index is 1420. The number of aromatic nitrogens is 1. The lowest BCUT2D eigenvalue weighted by molar-refractivity contribution is 0.0277. The maximum atomic E-state index is 12.8. The van der Waals surface area contributed by atoms with E-state index in [1.807, 2.05) is 42.8 Å². The fourth-order valence-electron chi connectivity index (χ4n) is 3.61. The Labute approximate surface area is 227 Å². The number of nitrogens with one attached hydrogen (secondary N) is 2. The smallest absolute Gasteiger partial charge is 0.357 e. The summed E-state index contributed by atoms with van der Waals surface area (Å²) in [5, 5.41) is 2.76. The molecule has 3 rings (SSSR count). The molecule has 0 saturated heterocycles. The third-order valence-corrected chi connectivity index (χ3v) is 7.21. The molecule has 0 atom stereocenters. The molecule has 11 heteroatoms. The molecule has 2 amide bonds. The van der Waals surface area contributed by atoms with Gasteiger partial charge in [0, 0.05) is 18.3 Å². The van der Waals surface area contributed by atoms with Crippen molar-refractivity contribution >= 4 is 27.8 Å². The van der Waals surface area contributed by atoms with Gasteiger partial charge < -0.3 is 14.8 Å². The van der Waals surface area contributed by atoms with Crippen molar-refractivity contribution in [2.75, 3.05) is 13.7 Å². The number of carbonyl (C=O) groups is 3. The molecule has 0 fully saturated rings. The summed E-state index contributed by atoms with van der Waals surface area (Å²) < 4.78 is 38.2. The van der Waals surface area contributed by atoms with E-state index in [4.69, 9.17) is 9.47 Å². The van der Waals surface area contributed by atoms with Gasteiger partial charge in [0.25, 0.3) is 21.8 Å². The predicted octanol–water partition coefficient (Wildman–Crippen LogP) is 3.53. The first kappa shape index (κ1) is 29.3. The average molecular weight is 554 g/mol. The average Bonchev–Trinajstić information content (AvgIpc) is 2.95. The van der Waals surface area contributed by atoms with Crippen molar-refractivity contribution < 1.29 is 32.3 Å². The van der Waals surface area contributed by atoms with Crippen LogP contribution in [0.3, 0.4) is 0 Å². The van der Waals surface area contributed by atoms with Crippen LogP contribution in [0.4, 0.5) is 0 Å². The van der Waals surface area contributed by atoms with Crippen molar-refractivity contribution in [2.45, 2.75) is 44.1 Å². The fourth-order valence-corrected chi connectivity index (χ4v) is 4.63. The summed E-state index contributed by atoms with van der Waals surface area (Å²) in [6.45, 7) is 4.12. The minimum Gasteiger partial charge on any atom is -0.497 e. The maximum Gasteiger partial charge on any atom is 0.357 e. The monoisotopic (exact) mass is 553 g/mol. The summed E-state index contributed by atoms with van der Waals surface area (Å²) >= 11 is 0. The second-order valence-electron chi connectivity index (χ2n) is 8.60. The summed E-state index contributed by atoms with van der Waals surface area (Å²) in [7, 11) is -2.72. The van der Waals surface area contributed by atoms with Crippen molar-refractivity contribution in [1.29, 1.82) is 0 Å². The number of esters is 1. The molecule has 10 nitrogen and oxygen atoms in total. The minimum absolute atomic E-state index is 0.00595. The van der Waals surface area contributed by atoms with Crippen LogP contribution in [0.15, 0.2) is 71.8 Å². The fraction of sp³-hybridized carbons (Fsp3) is 0.286. The Morgan fingerprint density at radius 3 is 2.33 bits per heavy atom. The Kier molecular flexibility index (Phi) is 10.2. The number of pyridine rings is 1. The van der Waals surface area contributed by atoms with Gasteiger partial charge in [-0.15, -0.1) is 0 Å². The highest BCUT2D eigenvalue weighted by atomic mass is 32.2. The van der Waals surface area contributed by atoms with Crippen LogP contribution in [0.1, 0.15) is 63.5 Å². The zero-order chi connectivity index (χ0) is 28.4. The number of carbonyl (C=O) groups excluding carboxylic acids is 3. The largest absolute Gasteiger partial charge is 0.497 e. The second-order valence-corrected chi connectivity index (χ2v) is 10.3. The highest BCUT2D eigenvalue weighted by Crippen LogP contribution is 2.15. The molecule has 206 valence electrons. The minimum atomic E-state index is -4.30. The number of benzene rings is 2. The molecule has 2 aromatic carbocycles. The molecule has 0 saturated carbocycles. The number of hydrogen-bond donors (Lipinski definition) is 2. The Hall–Kier alpha value is -4.25. The van der Waals surface area contributed by atoms with Crippen molar-refractivity contribution in [1.82, 2.24) is 15.0 Å². The number of sulfonamides is 1. The Morgan fingerprint density at radius 2 is 1.67 bits per heavy atom. The lowest BCUT2D eigenvalue weighted by atomic mass is 10.1. The number of rotatable bonds is 12. The van der Waals surface area contributed by atoms with Gasteiger partial charge in [-0.05, 0) is 67.3 Å². The van der Waals surface area contributed by atoms with E-state index < -0.39 is 27.8 Å². The van der Waals surface area contributed by atoms with E-state index >= 15 is 0 Å². The predicted molar refractivity (Wildman–Crippen MR) is 144 cm³/mol. The van der Waals surface area contributed by atoms with E-state index in [1.54, 1.807) is 7.11 Å². The van der Waals surface area contributed by atoms with Gasteiger partial charge in [-0.3, -0.25) is 9.59 Å². The Morgan fingerprint density at radius 1 is 0.923 bits per heavy atom. The molecule has 0 bridgehead atoms. The first-order valence-electron chi connectivity index (χ1n) is 12.4. The van der Waals surface area contributed by atoms with Gasteiger partial charge in [0.05, 0.1) is 17.6 Å². The third kappa shape index (κ3) is 8.11. The van der Waals surface area contributed by atoms with Gasteiger partial charge >= 0.3 is 5.97 Å². The third-order valence-electron chi connectivity index (χ3n) is 5.89. The summed E-state index contributed by atoms with van der Waals surface area (Å²) in [5.41, 5.74) is 1.03. The van der Waals surface area contributed by atoms with Gasteiger partial charge in [-0.1, -0.05) is 32.0 Å². The number of nitrogens with zero attached hydrogens (tertiary/aromatic N) is 1. The van der Waals surface area contributed by atoms with Crippen LogP contribution in [0, 0.1) is 0 Å². The van der Waals surface area contributed by atoms with Crippen molar-refractivity contribution in [3.63, 3.8) is 0 Å². The SMILES string of the molecule is CCC(CC)OC(=O)c1ccc(C(=O)NS(=O)(=O)c2cccc(C(=O)NCCc3cccc(OC)c3)c2)cn1. The molecule has 0 radical (unpaired) electrons. The van der Waals surface area contributed by atoms with Gasteiger partial charge in [0.1, 0.15) is 17.5 Å². The molecule has 0 aliphatic heterocycles. The maximum absolute atomic E-state index is 12.8. The molecule has 39 heavy (non-hydrogen) atoms. The second kappa shape index (κ2) is 13.5. The molecule has 2 N–H and O–H groups in total. The lowest BCUT2D eigenvalue weighted by Crippen LogP contribution is -2.31. The van der Waals surface area contributed by atoms with Crippen LogP contribution in [-0.2, 0) is 21.2 Å². The van der Waals surface area contributed by atoms with Crippen LogP contribution < -0.4 is 14.8 Å². The van der Waals surface area contributed by atoms with E-state index in [0.717, 1.165) is 11.8 Å². The standard InChI is InChI=1S/C28H31N3O7S/c1-4-22(5-2)38-28(34)25-13-12-21(18-30-25)27(33)31-39(35,36)24-11-7-9-20(17-24)26(32)29-15-14-19-8-6-10-23(16-19)37-3/h6-13,16-18,22H,4-5,14-15H2,1-3H3,(H,29,32)(H,31,33). The van der Waals surface area contributed by atoms with E-state index in [2.05, 4.69) is 10.3 Å². The number of ether oxygens (including phenoxy) is 2. The van der Waals surface area contributed by atoms with Crippen molar-refractivity contribution in [3.8, 4) is 5.75 Å². The van der Waals surface area contributed by atoms with Crippen LogP contribution >= 0.6 is 0 Å². The quantitative estimate of drug-likeness (QED) is 0.325. The summed E-state index contributed by atoms with van der Waals surface area (Å²) in [4.78, 5) is 41.1. The number of amides is 2. The number of methoxy groups -OCH3 is 1. The lowest BCUT2D eigenvalue weighted by Gasteiger charge is -2.13. The summed E-state index contributed by atoms with van der Waals surface area (Å²) in [6, 6.07) is 15.4. The summed E-state index contributed by atoms with van der Waals surface area (Å²) in [6.07, 6.45) is 2.73. The van der Waals surface area contributed by atoms with Crippen LogP contribution in [0.25, 0.3) is 0 Å². The van der Waals surface area contributed by atoms with E-state index in [-0.39, 0.29) is 27.8 Å². The van der Waals surface area contributed by atoms with Gasteiger partial charge in [-0.2, -0.15) is 0 Å². The van der Waals surface area contributed by atoms with Crippen LogP contribution in [0.2, 0.25) is 0 Å². The molecule has 3 aromatic rings. The van der Waals surface area contributed by atoms with Crippen LogP contribution in [-0.4, -0.2) is 50.9 Å². The molecule has 1 aromatic heterocycles. The Balaban J connectivity index is 1.61. The van der Waals surface area contributed by atoms with Gasteiger partial charge in [-0.25, -0.2) is 22.9 Å². The van der Waals surface area contributed by atoms with Crippen molar-refractivity contribution in [2.24, 2.45) is 0 Å². The highest BCUT2D eigenvalue weighted by Gasteiger charge is 2.21. The molecule has 1 heterocycles. The highest BCUT2D eigenvalue weighted by molar-refractivity contribution is 7.90. The first-order chi connectivity index (χ1) is 18.7. The van der Waals surface area contributed by atoms with Gasteiger partial charge in [0.15, 0.2) is 0 Å². The molecule has 0 unspecified atom stereocenters. The van der Waals surface area contributed by atoms with E-state index in [0.29, 0.717) is 31.6 Å². The van der Waals surface area contributed by atoms with E-state index in [1.165, 1.54) is 36.4 Å². The van der Waals surface area contributed by atoms with Crippen molar-refractivity contribution in [3.05, 3.63) is 89.2 Å². The van der Waals surface area contributed by atoms with E-state index in [9.17, 15) is 22.8 Å². The molecule has 0 spiro atoms.